The fourth-order valence-electron chi connectivity index (χ4n) is 1.94. The number of benzene rings is 1. The highest BCUT2D eigenvalue weighted by atomic mass is 16.6. The SMILES string of the molecule is Cc1cccc(-n2nnnc2Cn2cc([N+](=O)[O-])cn2)c1. The van der Waals surface area contributed by atoms with Crippen LogP contribution < -0.4 is 0 Å². The lowest BCUT2D eigenvalue weighted by molar-refractivity contribution is -0.385. The van der Waals surface area contributed by atoms with E-state index in [1.807, 2.05) is 31.2 Å². The molecule has 2 aromatic heterocycles. The van der Waals surface area contributed by atoms with Crippen LogP contribution in [-0.2, 0) is 6.54 Å². The minimum Gasteiger partial charge on any atom is -0.258 e. The molecule has 0 spiro atoms. The van der Waals surface area contributed by atoms with Gasteiger partial charge in [-0.2, -0.15) is 9.78 Å². The summed E-state index contributed by atoms with van der Waals surface area (Å²) in [6.07, 6.45) is 2.54. The first-order valence-corrected chi connectivity index (χ1v) is 6.14. The van der Waals surface area contributed by atoms with Crippen molar-refractivity contribution < 1.29 is 4.92 Å². The maximum absolute atomic E-state index is 10.6. The molecule has 0 N–H and O–H groups in total. The standard InChI is InChI=1S/C12H11N7O2/c1-9-3-2-4-10(5-9)18-12(14-15-16-18)8-17-7-11(6-13-17)19(20)21/h2-7H,8H2,1H3. The van der Waals surface area contributed by atoms with Crippen molar-refractivity contribution in [3.05, 3.63) is 58.2 Å². The Labute approximate surface area is 119 Å². The topological polar surface area (TPSA) is 105 Å². The van der Waals surface area contributed by atoms with Crippen LogP contribution in [-0.4, -0.2) is 34.9 Å². The van der Waals surface area contributed by atoms with Crippen LogP contribution in [0.4, 0.5) is 5.69 Å². The number of nitrogens with zero attached hydrogens (tertiary/aromatic N) is 7. The van der Waals surface area contributed by atoms with Gasteiger partial charge < -0.3 is 0 Å². The van der Waals surface area contributed by atoms with Gasteiger partial charge in [-0.15, -0.1) is 5.10 Å². The molecule has 106 valence electrons. The monoisotopic (exact) mass is 285 g/mol. The Hall–Kier alpha value is -3.10. The molecule has 9 nitrogen and oxygen atoms in total. The Morgan fingerprint density at radius 1 is 1.38 bits per heavy atom. The summed E-state index contributed by atoms with van der Waals surface area (Å²) in [5.74, 6) is 0.540. The Balaban J connectivity index is 1.90. The highest BCUT2D eigenvalue weighted by Crippen LogP contribution is 2.12. The summed E-state index contributed by atoms with van der Waals surface area (Å²) in [5, 5.41) is 26.1. The van der Waals surface area contributed by atoms with E-state index >= 15 is 0 Å². The molecule has 3 rings (SSSR count). The maximum Gasteiger partial charge on any atom is 0.307 e. The molecule has 0 atom stereocenters. The minimum absolute atomic E-state index is 0.0652. The third kappa shape index (κ3) is 2.61. The van der Waals surface area contributed by atoms with E-state index in [1.165, 1.54) is 17.1 Å². The summed E-state index contributed by atoms with van der Waals surface area (Å²) < 4.78 is 3.01. The lowest BCUT2D eigenvalue weighted by Crippen LogP contribution is -2.09. The van der Waals surface area contributed by atoms with E-state index in [2.05, 4.69) is 20.6 Å². The number of hydrogen-bond donors (Lipinski definition) is 0. The Bertz CT molecular complexity index is 792. The molecule has 0 unspecified atom stereocenters. The zero-order chi connectivity index (χ0) is 14.8. The van der Waals surface area contributed by atoms with Crippen LogP contribution in [0.15, 0.2) is 36.7 Å². The molecule has 0 radical (unpaired) electrons. The Morgan fingerprint density at radius 3 is 2.95 bits per heavy atom. The normalized spacial score (nSPS) is 10.7. The number of aromatic nitrogens is 6. The van der Waals surface area contributed by atoms with Gasteiger partial charge >= 0.3 is 5.69 Å². The van der Waals surface area contributed by atoms with Crippen molar-refractivity contribution in [1.82, 2.24) is 30.0 Å². The van der Waals surface area contributed by atoms with Crippen LogP contribution in [0.25, 0.3) is 5.69 Å². The highest BCUT2D eigenvalue weighted by molar-refractivity contribution is 5.34. The molecule has 0 amide bonds. The van der Waals surface area contributed by atoms with Crippen molar-refractivity contribution in [1.29, 1.82) is 0 Å². The molecule has 0 saturated carbocycles. The Morgan fingerprint density at radius 2 is 2.24 bits per heavy atom. The minimum atomic E-state index is -0.493. The fourth-order valence-corrected chi connectivity index (χ4v) is 1.94. The summed E-state index contributed by atoms with van der Waals surface area (Å²) in [6, 6.07) is 7.73. The number of aryl methyl sites for hydroxylation is 1. The number of rotatable bonds is 4. The van der Waals surface area contributed by atoms with Crippen LogP contribution >= 0.6 is 0 Å². The molecule has 21 heavy (non-hydrogen) atoms. The predicted octanol–water partition coefficient (Wildman–Crippen LogP) is 1.12. The first-order chi connectivity index (χ1) is 10.1. The van der Waals surface area contributed by atoms with Crippen molar-refractivity contribution in [3.8, 4) is 5.69 Å². The van der Waals surface area contributed by atoms with Crippen molar-refractivity contribution >= 4 is 5.69 Å². The number of hydrogen-bond acceptors (Lipinski definition) is 6. The highest BCUT2D eigenvalue weighted by Gasteiger charge is 2.13. The first kappa shape index (κ1) is 12.9. The first-order valence-electron chi connectivity index (χ1n) is 6.14. The molecular formula is C12H11N7O2. The zero-order valence-corrected chi connectivity index (χ0v) is 11.1. The van der Waals surface area contributed by atoms with E-state index in [4.69, 9.17) is 0 Å². The molecule has 0 fully saturated rings. The second-order valence-corrected chi connectivity index (χ2v) is 4.50. The van der Waals surface area contributed by atoms with Crippen LogP contribution in [0.3, 0.4) is 0 Å². The molecule has 0 saturated heterocycles. The summed E-state index contributed by atoms with van der Waals surface area (Å²) in [7, 11) is 0. The van der Waals surface area contributed by atoms with Gasteiger partial charge in [-0.1, -0.05) is 12.1 Å². The van der Waals surface area contributed by atoms with Crippen molar-refractivity contribution in [2.45, 2.75) is 13.5 Å². The van der Waals surface area contributed by atoms with Crippen LogP contribution in [0.5, 0.6) is 0 Å². The lowest BCUT2D eigenvalue weighted by atomic mass is 10.2. The van der Waals surface area contributed by atoms with Gasteiger partial charge in [-0.25, -0.2) is 0 Å². The molecule has 0 aliphatic rings. The molecule has 9 heteroatoms. The molecule has 1 aromatic carbocycles. The zero-order valence-electron chi connectivity index (χ0n) is 11.1. The fraction of sp³-hybridized carbons (Fsp3) is 0.167. The number of nitro groups is 1. The van der Waals surface area contributed by atoms with Gasteiger partial charge in [-0.05, 0) is 35.0 Å². The summed E-state index contributed by atoms with van der Waals surface area (Å²) >= 11 is 0. The van der Waals surface area contributed by atoms with Gasteiger partial charge in [0.2, 0.25) is 0 Å². The second kappa shape index (κ2) is 5.12. The largest absolute Gasteiger partial charge is 0.307 e. The van der Waals surface area contributed by atoms with Gasteiger partial charge in [0.1, 0.15) is 18.9 Å². The van der Waals surface area contributed by atoms with E-state index in [0.29, 0.717) is 5.82 Å². The van der Waals surface area contributed by atoms with E-state index in [-0.39, 0.29) is 12.2 Å². The number of tetrazole rings is 1. The van der Waals surface area contributed by atoms with Crippen molar-refractivity contribution in [2.75, 3.05) is 0 Å². The van der Waals surface area contributed by atoms with Gasteiger partial charge in [0.25, 0.3) is 0 Å². The molecule has 0 aliphatic heterocycles. The van der Waals surface area contributed by atoms with Gasteiger partial charge in [-0.3, -0.25) is 14.8 Å². The smallest absolute Gasteiger partial charge is 0.258 e. The second-order valence-electron chi connectivity index (χ2n) is 4.50. The molecular weight excluding hydrogens is 274 g/mol. The van der Waals surface area contributed by atoms with E-state index in [0.717, 1.165) is 11.3 Å². The quantitative estimate of drug-likeness (QED) is 0.525. The summed E-state index contributed by atoms with van der Waals surface area (Å²) in [5.41, 5.74) is 1.85. The van der Waals surface area contributed by atoms with Crippen LogP contribution in [0.1, 0.15) is 11.4 Å². The maximum atomic E-state index is 10.6. The van der Waals surface area contributed by atoms with Crippen LogP contribution in [0, 0.1) is 17.0 Å². The van der Waals surface area contributed by atoms with E-state index in [9.17, 15) is 10.1 Å². The van der Waals surface area contributed by atoms with Gasteiger partial charge in [0.05, 0.1) is 10.6 Å². The van der Waals surface area contributed by atoms with Gasteiger partial charge in [0.15, 0.2) is 5.82 Å². The van der Waals surface area contributed by atoms with Crippen molar-refractivity contribution in [2.24, 2.45) is 0 Å². The summed E-state index contributed by atoms with van der Waals surface area (Å²) in [6.45, 7) is 2.22. The van der Waals surface area contributed by atoms with Crippen molar-refractivity contribution in [3.63, 3.8) is 0 Å². The van der Waals surface area contributed by atoms with Crippen LogP contribution in [0.2, 0.25) is 0 Å². The summed E-state index contributed by atoms with van der Waals surface area (Å²) in [4.78, 5) is 10.2. The third-order valence-corrected chi connectivity index (χ3v) is 2.91. The average molecular weight is 285 g/mol. The molecule has 0 bridgehead atoms. The lowest BCUT2D eigenvalue weighted by Gasteiger charge is -2.05. The van der Waals surface area contributed by atoms with E-state index in [1.54, 1.807) is 4.68 Å². The third-order valence-electron chi connectivity index (χ3n) is 2.91. The van der Waals surface area contributed by atoms with Gasteiger partial charge in [0, 0.05) is 0 Å². The molecule has 0 aliphatic carbocycles. The molecule has 3 aromatic rings. The average Bonchev–Trinajstić information content (AvgIpc) is 3.08. The Kier molecular flexibility index (Phi) is 3.14. The predicted molar refractivity (Wildman–Crippen MR) is 71.9 cm³/mol. The van der Waals surface area contributed by atoms with E-state index < -0.39 is 4.92 Å². The molecule has 2 heterocycles.